The van der Waals surface area contributed by atoms with Crippen LogP contribution in [0, 0.1) is 11.8 Å². The number of rotatable bonds is 5. The normalized spacial score (nSPS) is 25.6. The molecule has 0 aliphatic carbocycles. The molecule has 1 aromatic heterocycles. The standard InChI is InChI=1S/C14H24N2O/c1-4-15-6-13-5-14(17-10-13)9-16-7-11(2)12(3)8-16/h5,10-12,15H,4,6-9H2,1-3H3. The summed E-state index contributed by atoms with van der Waals surface area (Å²) in [5, 5.41) is 3.31. The van der Waals surface area contributed by atoms with Gasteiger partial charge in [0.15, 0.2) is 0 Å². The molecule has 0 radical (unpaired) electrons. The van der Waals surface area contributed by atoms with E-state index in [4.69, 9.17) is 4.42 Å². The number of furan rings is 1. The van der Waals surface area contributed by atoms with Crippen LogP contribution >= 0.6 is 0 Å². The fourth-order valence-corrected chi connectivity index (χ4v) is 2.47. The Balaban J connectivity index is 1.85. The molecule has 1 aliphatic rings. The van der Waals surface area contributed by atoms with Crippen molar-refractivity contribution in [2.45, 2.75) is 33.9 Å². The second-order valence-electron chi connectivity index (χ2n) is 5.35. The molecule has 1 saturated heterocycles. The minimum Gasteiger partial charge on any atom is -0.468 e. The number of hydrogen-bond acceptors (Lipinski definition) is 3. The van der Waals surface area contributed by atoms with Crippen LogP contribution in [0.5, 0.6) is 0 Å². The number of hydrogen-bond donors (Lipinski definition) is 1. The lowest BCUT2D eigenvalue weighted by Gasteiger charge is -2.12. The van der Waals surface area contributed by atoms with Gasteiger partial charge in [-0.2, -0.15) is 0 Å². The Morgan fingerprint density at radius 3 is 2.71 bits per heavy atom. The van der Waals surface area contributed by atoms with Crippen molar-refractivity contribution >= 4 is 0 Å². The summed E-state index contributed by atoms with van der Waals surface area (Å²) in [6, 6.07) is 2.18. The van der Waals surface area contributed by atoms with Crippen LogP contribution in [0.4, 0.5) is 0 Å². The largest absolute Gasteiger partial charge is 0.468 e. The minimum atomic E-state index is 0.811. The highest BCUT2D eigenvalue weighted by Gasteiger charge is 2.26. The molecule has 0 aromatic carbocycles. The van der Waals surface area contributed by atoms with E-state index in [0.29, 0.717) is 0 Å². The lowest BCUT2D eigenvalue weighted by molar-refractivity contribution is 0.285. The number of nitrogens with zero attached hydrogens (tertiary/aromatic N) is 1. The topological polar surface area (TPSA) is 28.4 Å². The van der Waals surface area contributed by atoms with Gasteiger partial charge < -0.3 is 9.73 Å². The Morgan fingerprint density at radius 1 is 1.35 bits per heavy atom. The van der Waals surface area contributed by atoms with Crippen molar-refractivity contribution in [1.82, 2.24) is 10.2 Å². The van der Waals surface area contributed by atoms with Crippen LogP contribution in [0.1, 0.15) is 32.1 Å². The van der Waals surface area contributed by atoms with Crippen molar-refractivity contribution in [2.75, 3.05) is 19.6 Å². The second-order valence-corrected chi connectivity index (χ2v) is 5.35. The highest BCUT2D eigenvalue weighted by Crippen LogP contribution is 2.24. The molecule has 0 amide bonds. The van der Waals surface area contributed by atoms with Crippen LogP contribution in [0.2, 0.25) is 0 Å². The van der Waals surface area contributed by atoms with Gasteiger partial charge in [-0.15, -0.1) is 0 Å². The van der Waals surface area contributed by atoms with Gasteiger partial charge in [-0.25, -0.2) is 0 Å². The first-order valence-electron chi connectivity index (χ1n) is 6.68. The third kappa shape index (κ3) is 3.33. The molecule has 2 rings (SSSR count). The average Bonchev–Trinajstić information content (AvgIpc) is 2.85. The first kappa shape index (κ1) is 12.7. The van der Waals surface area contributed by atoms with Crippen molar-refractivity contribution < 1.29 is 4.42 Å². The van der Waals surface area contributed by atoms with Gasteiger partial charge in [-0.1, -0.05) is 20.8 Å². The summed E-state index contributed by atoms with van der Waals surface area (Å²) in [5.74, 6) is 2.72. The third-order valence-corrected chi connectivity index (χ3v) is 3.73. The van der Waals surface area contributed by atoms with Crippen LogP contribution in [-0.2, 0) is 13.1 Å². The van der Waals surface area contributed by atoms with E-state index < -0.39 is 0 Å². The van der Waals surface area contributed by atoms with Crippen LogP contribution in [0.3, 0.4) is 0 Å². The van der Waals surface area contributed by atoms with Crippen LogP contribution in [-0.4, -0.2) is 24.5 Å². The Hall–Kier alpha value is -0.800. The molecule has 17 heavy (non-hydrogen) atoms. The first-order chi connectivity index (χ1) is 8.19. The summed E-state index contributed by atoms with van der Waals surface area (Å²) in [5.41, 5.74) is 1.25. The van der Waals surface area contributed by atoms with Crippen molar-refractivity contribution in [3.05, 3.63) is 23.7 Å². The Bertz CT molecular complexity index is 338. The van der Waals surface area contributed by atoms with E-state index in [9.17, 15) is 0 Å². The van der Waals surface area contributed by atoms with Gasteiger partial charge in [-0.05, 0) is 24.4 Å². The Kier molecular flexibility index (Phi) is 4.24. The van der Waals surface area contributed by atoms with Gasteiger partial charge in [0.25, 0.3) is 0 Å². The zero-order valence-electron chi connectivity index (χ0n) is 11.2. The molecule has 0 saturated carbocycles. The van der Waals surface area contributed by atoms with Crippen molar-refractivity contribution in [1.29, 1.82) is 0 Å². The first-order valence-corrected chi connectivity index (χ1v) is 6.68. The quantitative estimate of drug-likeness (QED) is 0.851. The highest BCUT2D eigenvalue weighted by molar-refractivity contribution is 5.12. The zero-order valence-corrected chi connectivity index (χ0v) is 11.2. The molecule has 96 valence electrons. The molecule has 1 N–H and O–H groups in total. The second kappa shape index (κ2) is 5.69. The van der Waals surface area contributed by atoms with Gasteiger partial charge in [-0.3, -0.25) is 4.90 Å². The predicted octanol–water partition coefficient (Wildman–Crippen LogP) is 2.48. The average molecular weight is 236 g/mol. The summed E-state index contributed by atoms with van der Waals surface area (Å²) in [4.78, 5) is 2.49. The molecule has 1 aromatic rings. The summed E-state index contributed by atoms with van der Waals surface area (Å²) < 4.78 is 5.61. The SMILES string of the molecule is CCNCc1coc(CN2CC(C)C(C)C2)c1. The predicted molar refractivity (Wildman–Crippen MR) is 69.7 cm³/mol. The molecule has 3 heteroatoms. The smallest absolute Gasteiger partial charge is 0.118 e. The maximum Gasteiger partial charge on any atom is 0.118 e. The molecule has 3 nitrogen and oxygen atoms in total. The molecule has 1 aliphatic heterocycles. The lowest BCUT2D eigenvalue weighted by Crippen LogP contribution is -2.19. The lowest BCUT2D eigenvalue weighted by atomic mass is 10.0. The summed E-state index contributed by atoms with van der Waals surface area (Å²) in [7, 11) is 0. The highest BCUT2D eigenvalue weighted by atomic mass is 16.3. The van der Waals surface area contributed by atoms with Crippen molar-refractivity contribution in [3.8, 4) is 0 Å². The monoisotopic (exact) mass is 236 g/mol. The zero-order chi connectivity index (χ0) is 12.3. The molecule has 0 spiro atoms. The van der Waals surface area contributed by atoms with E-state index in [0.717, 1.165) is 37.2 Å². The van der Waals surface area contributed by atoms with Crippen LogP contribution in [0.25, 0.3) is 0 Å². The molecule has 2 heterocycles. The molecule has 0 bridgehead atoms. The van der Waals surface area contributed by atoms with E-state index in [2.05, 4.69) is 37.1 Å². The Morgan fingerprint density at radius 2 is 2.06 bits per heavy atom. The van der Waals surface area contributed by atoms with Gasteiger partial charge in [0, 0.05) is 25.2 Å². The van der Waals surface area contributed by atoms with Crippen molar-refractivity contribution in [3.63, 3.8) is 0 Å². The van der Waals surface area contributed by atoms with E-state index in [1.54, 1.807) is 0 Å². The van der Waals surface area contributed by atoms with Gasteiger partial charge in [0.05, 0.1) is 12.8 Å². The fourth-order valence-electron chi connectivity index (χ4n) is 2.47. The molecular formula is C14H24N2O. The fraction of sp³-hybridized carbons (Fsp3) is 0.714. The summed E-state index contributed by atoms with van der Waals surface area (Å²) >= 11 is 0. The molecule has 2 atom stereocenters. The van der Waals surface area contributed by atoms with Crippen LogP contribution < -0.4 is 5.32 Å². The molecular weight excluding hydrogens is 212 g/mol. The number of likely N-dealkylation sites (tertiary alicyclic amines) is 1. The van der Waals surface area contributed by atoms with Gasteiger partial charge >= 0.3 is 0 Å². The third-order valence-electron chi connectivity index (χ3n) is 3.73. The maximum atomic E-state index is 5.61. The van der Waals surface area contributed by atoms with E-state index in [-0.39, 0.29) is 0 Å². The maximum absolute atomic E-state index is 5.61. The van der Waals surface area contributed by atoms with E-state index >= 15 is 0 Å². The minimum absolute atomic E-state index is 0.811. The van der Waals surface area contributed by atoms with E-state index in [1.807, 2.05) is 6.26 Å². The number of nitrogens with one attached hydrogen (secondary N) is 1. The van der Waals surface area contributed by atoms with Crippen LogP contribution in [0.15, 0.2) is 16.7 Å². The van der Waals surface area contributed by atoms with E-state index in [1.165, 1.54) is 18.7 Å². The summed E-state index contributed by atoms with van der Waals surface area (Å²) in [6.07, 6.45) is 1.88. The van der Waals surface area contributed by atoms with Crippen molar-refractivity contribution in [2.24, 2.45) is 11.8 Å². The van der Waals surface area contributed by atoms with Gasteiger partial charge in [0.2, 0.25) is 0 Å². The summed E-state index contributed by atoms with van der Waals surface area (Å²) in [6.45, 7) is 12.1. The Labute approximate surface area is 104 Å². The molecule has 2 unspecified atom stereocenters. The molecule has 1 fully saturated rings. The van der Waals surface area contributed by atoms with Gasteiger partial charge in [0.1, 0.15) is 5.76 Å².